The molecule has 0 aliphatic heterocycles. The van der Waals surface area contributed by atoms with Crippen LogP contribution in [0.5, 0.6) is 11.5 Å². The standard InChI is InChI=1S/C23H16O6/c24-21(16-4-2-1-3-5-16)11-8-15-6-9-19(10-7-15)29-20-13-17(22(25)26)12-18(14-20)23(27)28/h1-14H,(H,25,26)(H,27,28). The fraction of sp³-hybridized carbons (Fsp3) is 0. The van der Waals surface area contributed by atoms with E-state index < -0.39 is 11.9 Å². The van der Waals surface area contributed by atoms with E-state index in [9.17, 15) is 14.4 Å². The summed E-state index contributed by atoms with van der Waals surface area (Å²) >= 11 is 0. The fourth-order valence-electron chi connectivity index (χ4n) is 2.56. The Morgan fingerprint density at radius 2 is 1.28 bits per heavy atom. The Morgan fingerprint density at radius 1 is 0.690 bits per heavy atom. The van der Waals surface area contributed by atoms with Gasteiger partial charge in [0.2, 0.25) is 0 Å². The lowest BCUT2D eigenvalue weighted by molar-refractivity contribution is 0.0696. The zero-order chi connectivity index (χ0) is 20.8. The topological polar surface area (TPSA) is 101 Å². The first kappa shape index (κ1) is 19.6. The molecule has 0 bridgehead atoms. The van der Waals surface area contributed by atoms with Crippen molar-refractivity contribution < 1.29 is 29.3 Å². The van der Waals surface area contributed by atoms with Gasteiger partial charge < -0.3 is 14.9 Å². The number of carboxylic acid groups (broad SMARTS) is 2. The number of carbonyl (C=O) groups excluding carboxylic acids is 1. The molecule has 0 atom stereocenters. The third-order valence-corrected chi connectivity index (χ3v) is 4.00. The van der Waals surface area contributed by atoms with Gasteiger partial charge in [-0.05, 0) is 42.0 Å². The summed E-state index contributed by atoms with van der Waals surface area (Å²) in [5.41, 5.74) is 1.00. The fourth-order valence-corrected chi connectivity index (χ4v) is 2.56. The molecule has 6 heteroatoms. The number of carboxylic acids is 2. The zero-order valence-corrected chi connectivity index (χ0v) is 15.1. The average molecular weight is 388 g/mol. The molecule has 0 heterocycles. The van der Waals surface area contributed by atoms with E-state index in [0.717, 1.165) is 11.6 Å². The highest BCUT2D eigenvalue weighted by atomic mass is 16.5. The summed E-state index contributed by atoms with van der Waals surface area (Å²) < 4.78 is 5.59. The van der Waals surface area contributed by atoms with Crippen molar-refractivity contribution >= 4 is 23.8 Å². The SMILES string of the molecule is O=C(O)c1cc(Oc2ccc(C=CC(=O)c3ccccc3)cc2)cc(C(=O)O)c1. The molecule has 2 N–H and O–H groups in total. The molecule has 0 unspecified atom stereocenters. The van der Waals surface area contributed by atoms with Crippen molar-refractivity contribution in [3.63, 3.8) is 0 Å². The molecular weight excluding hydrogens is 372 g/mol. The Balaban J connectivity index is 1.74. The van der Waals surface area contributed by atoms with Crippen molar-refractivity contribution in [1.29, 1.82) is 0 Å². The number of rotatable bonds is 7. The summed E-state index contributed by atoms with van der Waals surface area (Å²) in [5, 5.41) is 18.2. The van der Waals surface area contributed by atoms with Gasteiger partial charge in [0.05, 0.1) is 11.1 Å². The Labute approximate surface area is 166 Å². The number of allylic oxidation sites excluding steroid dienone is 1. The Bertz CT molecular complexity index is 1050. The van der Waals surface area contributed by atoms with Crippen molar-refractivity contribution in [1.82, 2.24) is 0 Å². The minimum absolute atomic E-state index is 0.102. The molecule has 3 rings (SSSR count). The maximum absolute atomic E-state index is 12.1. The van der Waals surface area contributed by atoms with Crippen LogP contribution in [-0.2, 0) is 0 Å². The van der Waals surface area contributed by atoms with Gasteiger partial charge in [0.15, 0.2) is 5.78 Å². The number of ketones is 1. The van der Waals surface area contributed by atoms with Gasteiger partial charge in [-0.1, -0.05) is 48.5 Å². The number of benzene rings is 3. The Morgan fingerprint density at radius 3 is 1.83 bits per heavy atom. The Kier molecular flexibility index (Phi) is 5.85. The van der Waals surface area contributed by atoms with Gasteiger partial charge in [0, 0.05) is 5.56 Å². The molecule has 29 heavy (non-hydrogen) atoms. The molecule has 6 nitrogen and oxygen atoms in total. The first-order valence-electron chi connectivity index (χ1n) is 8.59. The van der Waals surface area contributed by atoms with Crippen molar-refractivity contribution in [2.75, 3.05) is 0 Å². The van der Waals surface area contributed by atoms with E-state index in [1.54, 1.807) is 54.6 Å². The molecular formula is C23H16O6. The van der Waals surface area contributed by atoms with Crippen molar-refractivity contribution in [2.24, 2.45) is 0 Å². The molecule has 0 amide bonds. The second-order valence-electron chi connectivity index (χ2n) is 6.09. The minimum Gasteiger partial charge on any atom is -0.478 e. The van der Waals surface area contributed by atoms with Gasteiger partial charge in [-0.25, -0.2) is 9.59 Å². The number of carbonyl (C=O) groups is 3. The highest BCUT2D eigenvalue weighted by molar-refractivity contribution is 6.06. The largest absolute Gasteiger partial charge is 0.478 e. The molecule has 0 spiro atoms. The molecule has 0 aliphatic rings. The summed E-state index contributed by atoms with van der Waals surface area (Å²) in [6, 6.07) is 19.2. The number of aromatic carboxylic acids is 2. The normalized spacial score (nSPS) is 10.6. The molecule has 0 aromatic heterocycles. The van der Waals surface area contributed by atoms with Crippen LogP contribution in [0.3, 0.4) is 0 Å². The predicted molar refractivity (Wildman–Crippen MR) is 107 cm³/mol. The molecule has 0 saturated heterocycles. The lowest BCUT2D eigenvalue weighted by Crippen LogP contribution is -2.03. The lowest BCUT2D eigenvalue weighted by Gasteiger charge is -2.08. The quantitative estimate of drug-likeness (QED) is 0.447. The van der Waals surface area contributed by atoms with Crippen LogP contribution in [0.2, 0.25) is 0 Å². The molecule has 3 aromatic rings. The smallest absolute Gasteiger partial charge is 0.335 e. The van der Waals surface area contributed by atoms with Gasteiger partial charge in [-0.2, -0.15) is 0 Å². The first-order chi connectivity index (χ1) is 13.9. The lowest BCUT2D eigenvalue weighted by atomic mass is 10.1. The van der Waals surface area contributed by atoms with Crippen LogP contribution < -0.4 is 4.74 Å². The van der Waals surface area contributed by atoms with Gasteiger partial charge in [0.25, 0.3) is 0 Å². The zero-order valence-electron chi connectivity index (χ0n) is 15.1. The maximum atomic E-state index is 12.1. The van der Waals surface area contributed by atoms with E-state index in [-0.39, 0.29) is 22.7 Å². The second kappa shape index (κ2) is 8.67. The van der Waals surface area contributed by atoms with Crippen molar-refractivity contribution in [3.8, 4) is 11.5 Å². The molecule has 0 aliphatic carbocycles. The average Bonchev–Trinajstić information content (AvgIpc) is 2.73. The highest BCUT2D eigenvalue weighted by Gasteiger charge is 2.12. The highest BCUT2D eigenvalue weighted by Crippen LogP contribution is 2.25. The Hall–Kier alpha value is -4.19. The molecule has 0 radical (unpaired) electrons. The first-order valence-corrected chi connectivity index (χ1v) is 8.59. The van der Waals surface area contributed by atoms with Gasteiger partial charge in [-0.15, -0.1) is 0 Å². The summed E-state index contributed by atoms with van der Waals surface area (Å²) in [6.07, 6.45) is 3.15. The summed E-state index contributed by atoms with van der Waals surface area (Å²) in [4.78, 5) is 34.4. The number of hydrogen-bond donors (Lipinski definition) is 2. The van der Waals surface area contributed by atoms with Crippen LogP contribution in [0.25, 0.3) is 6.08 Å². The van der Waals surface area contributed by atoms with E-state index in [1.807, 2.05) is 6.07 Å². The van der Waals surface area contributed by atoms with Crippen LogP contribution in [-0.4, -0.2) is 27.9 Å². The van der Waals surface area contributed by atoms with Crippen molar-refractivity contribution in [3.05, 3.63) is 101 Å². The summed E-state index contributed by atoms with van der Waals surface area (Å²) in [5.74, 6) is -2.11. The third-order valence-electron chi connectivity index (χ3n) is 4.00. The van der Waals surface area contributed by atoms with Gasteiger partial charge >= 0.3 is 11.9 Å². The maximum Gasteiger partial charge on any atom is 0.335 e. The van der Waals surface area contributed by atoms with E-state index in [4.69, 9.17) is 14.9 Å². The van der Waals surface area contributed by atoms with Crippen LogP contribution in [0.4, 0.5) is 0 Å². The molecule has 144 valence electrons. The number of ether oxygens (including phenoxy) is 1. The van der Waals surface area contributed by atoms with E-state index in [2.05, 4.69) is 0 Å². The second-order valence-corrected chi connectivity index (χ2v) is 6.09. The minimum atomic E-state index is -1.25. The van der Waals surface area contributed by atoms with Gasteiger partial charge in [-0.3, -0.25) is 4.79 Å². The van der Waals surface area contributed by atoms with E-state index >= 15 is 0 Å². The monoisotopic (exact) mass is 388 g/mol. The summed E-state index contributed by atoms with van der Waals surface area (Å²) in [7, 11) is 0. The third kappa shape index (κ3) is 5.17. The summed E-state index contributed by atoms with van der Waals surface area (Å²) in [6.45, 7) is 0. The molecule has 0 saturated carbocycles. The van der Waals surface area contributed by atoms with Crippen LogP contribution in [0.15, 0.2) is 78.9 Å². The molecule has 0 fully saturated rings. The van der Waals surface area contributed by atoms with E-state index in [0.29, 0.717) is 11.3 Å². The van der Waals surface area contributed by atoms with Crippen LogP contribution in [0, 0.1) is 0 Å². The van der Waals surface area contributed by atoms with Crippen molar-refractivity contribution in [2.45, 2.75) is 0 Å². The number of hydrogen-bond acceptors (Lipinski definition) is 4. The van der Waals surface area contributed by atoms with Crippen LogP contribution in [0.1, 0.15) is 36.6 Å². The molecule has 3 aromatic carbocycles. The van der Waals surface area contributed by atoms with Gasteiger partial charge in [0.1, 0.15) is 11.5 Å². The van der Waals surface area contributed by atoms with E-state index in [1.165, 1.54) is 18.2 Å². The van der Waals surface area contributed by atoms with Crippen LogP contribution >= 0.6 is 0 Å². The predicted octanol–water partition coefficient (Wildman–Crippen LogP) is 4.77.